The average Bonchev–Trinajstić information content (AvgIpc) is 2.73. The summed E-state index contributed by atoms with van der Waals surface area (Å²) in [5, 5.41) is 2.45. The van der Waals surface area contributed by atoms with Crippen molar-refractivity contribution in [3.05, 3.63) is 73.1 Å². The van der Waals surface area contributed by atoms with Gasteiger partial charge in [0.05, 0.1) is 11.0 Å². The molecule has 0 spiro atoms. The fourth-order valence-corrected chi connectivity index (χ4v) is 5.23. The van der Waals surface area contributed by atoms with Gasteiger partial charge in [-0.1, -0.05) is 42.8 Å². The fourth-order valence-electron chi connectivity index (χ4n) is 3.13. The normalized spacial score (nSPS) is 11.3. The van der Waals surface area contributed by atoms with Crippen LogP contribution in [-0.2, 0) is 0 Å². The summed E-state index contributed by atoms with van der Waals surface area (Å²) >= 11 is 3.85. The fraction of sp³-hybridized carbons (Fsp3) is 0.217. The lowest BCUT2D eigenvalue weighted by Crippen LogP contribution is -1.87. The SMILES string of the molecule is c1cnc2c(SCCCCCSc3cccc4cccnc34)cccc2c1. The van der Waals surface area contributed by atoms with Gasteiger partial charge in [-0.15, -0.1) is 23.5 Å². The lowest BCUT2D eigenvalue weighted by molar-refractivity contribution is 0.785. The van der Waals surface area contributed by atoms with E-state index < -0.39 is 0 Å². The maximum Gasteiger partial charge on any atom is 0.0837 e. The zero-order chi connectivity index (χ0) is 18.3. The number of aromatic nitrogens is 2. The lowest BCUT2D eigenvalue weighted by Gasteiger charge is -2.06. The Hall–Kier alpha value is -2.04. The van der Waals surface area contributed by atoms with Crippen LogP contribution in [0.5, 0.6) is 0 Å². The molecule has 2 nitrogen and oxygen atoms in total. The van der Waals surface area contributed by atoms with Crippen LogP contribution in [0.25, 0.3) is 21.8 Å². The van der Waals surface area contributed by atoms with Crippen molar-refractivity contribution < 1.29 is 0 Å². The van der Waals surface area contributed by atoms with E-state index in [4.69, 9.17) is 0 Å². The standard InChI is InChI=1S/C23H22N2S2/c1(2-16-26-20-12-4-8-18-10-6-14-24-22(18)20)3-17-27-21-13-5-9-19-11-7-15-25-23(19)21/h4-15H,1-3,16-17H2. The van der Waals surface area contributed by atoms with E-state index in [1.165, 1.54) is 39.8 Å². The topological polar surface area (TPSA) is 25.8 Å². The summed E-state index contributed by atoms with van der Waals surface area (Å²) in [6, 6.07) is 21.1. The number of pyridine rings is 2. The van der Waals surface area contributed by atoms with Crippen LogP contribution in [0.4, 0.5) is 0 Å². The Balaban J connectivity index is 1.22. The molecule has 0 atom stereocenters. The first kappa shape index (κ1) is 18.3. The molecule has 0 saturated carbocycles. The highest BCUT2D eigenvalue weighted by molar-refractivity contribution is 7.99. The van der Waals surface area contributed by atoms with Crippen molar-refractivity contribution in [3.63, 3.8) is 0 Å². The van der Waals surface area contributed by atoms with Crippen LogP contribution in [-0.4, -0.2) is 21.5 Å². The number of rotatable bonds is 8. The Kier molecular flexibility index (Phi) is 6.28. The Bertz CT molecular complexity index is 939. The van der Waals surface area contributed by atoms with Gasteiger partial charge in [0, 0.05) is 33.0 Å². The second-order valence-corrected chi connectivity index (χ2v) is 8.69. The molecule has 0 aliphatic rings. The predicted molar refractivity (Wildman–Crippen MR) is 119 cm³/mol. The van der Waals surface area contributed by atoms with Crippen LogP contribution >= 0.6 is 23.5 Å². The Morgan fingerprint density at radius 3 is 1.56 bits per heavy atom. The first-order valence-corrected chi connectivity index (χ1v) is 11.3. The molecule has 0 bridgehead atoms. The molecule has 0 unspecified atom stereocenters. The maximum absolute atomic E-state index is 4.54. The minimum Gasteiger partial charge on any atom is -0.255 e. The Morgan fingerprint density at radius 1 is 0.556 bits per heavy atom. The van der Waals surface area contributed by atoms with Crippen LogP contribution < -0.4 is 0 Å². The number of unbranched alkanes of at least 4 members (excludes halogenated alkanes) is 2. The smallest absolute Gasteiger partial charge is 0.0837 e. The van der Waals surface area contributed by atoms with E-state index in [1.807, 2.05) is 48.1 Å². The first-order chi connectivity index (χ1) is 13.4. The highest BCUT2D eigenvalue weighted by atomic mass is 32.2. The molecular formula is C23H22N2S2. The molecule has 0 N–H and O–H groups in total. The van der Waals surface area contributed by atoms with Gasteiger partial charge < -0.3 is 0 Å². The Morgan fingerprint density at radius 2 is 1.04 bits per heavy atom. The third kappa shape index (κ3) is 4.63. The quantitative estimate of drug-likeness (QED) is 0.243. The van der Waals surface area contributed by atoms with Gasteiger partial charge in [-0.3, -0.25) is 9.97 Å². The van der Waals surface area contributed by atoms with Crippen LogP contribution in [0.15, 0.2) is 82.8 Å². The summed E-state index contributed by atoms with van der Waals surface area (Å²) in [6.45, 7) is 0. The number of fused-ring (bicyclic) bond motifs is 2. The first-order valence-electron chi connectivity index (χ1n) is 9.35. The van der Waals surface area contributed by atoms with Crippen molar-refractivity contribution in [1.29, 1.82) is 0 Å². The summed E-state index contributed by atoms with van der Waals surface area (Å²) in [6.07, 6.45) is 7.50. The van der Waals surface area contributed by atoms with E-state index in [2.05, 4.69) is 58.5 Å². The van der Waals surface area contributed by atoms with Gasteiger partial charge in [0.1, 0.15) is 0 Å². The van der Waals surface area contributed by atoms with E-state index in [0.717, 1.165) is 22.5 Å². The molecule has 4 aromatic rings. The molecule has 0 amide bonds. The van der Waals surface area contributed by atoms with Crippen LogP contribution in [0.2, 0.25) is 0 Å². The molecule has 2 heterocycles. The molecule has 2 aromatic heterocycles. The second-order valence-electron chi connectivity index (χ2n) is 6.42. The minimum atomic E-state index is 1.13. The van der Waals surface area contributed by atoms with Crippen molar-refractivity contribution in [2.75, 3.05) is 11.5 Å². The van der Waals surface area contributed by atoms with E-state index >= 15 is 0 Å². The third-order valence-corrected chi connectivity index (χ3v) is 6.76. The van der Waals surface area contributed by atoms with Gasteiger partial charge >= 0.3 is 0 Å². The summed E-state index contributed by atoms with van der Waals surface area (Å²) < 4.78 is 0. The average molecular weight is 391 g/mol. The summed E-state index contributed by atoms with van der Waals surface area (Å²) in [4.78, 5) is 11.7. The largest absolute Gasteiger partial charge is 0.255 e. The monoisotopic (exact) mass is 390 g/mol. The molecule has 2 aromatic carbocycles. The molecule has 4 heteroatoms. The van der Waals surface area contributed by atoms with Crippen molar-refractivity contribution in [1.82, 2.24) is 9.97 Å². The predicted octanol–water partition coefficient (Wildman–Crippen LogP) is 6.84. The molecule has 27 heavy (non-hydrogen) atoms. The van der Waals surface area contributed by atoms with E-state index in [9.17, 15) is 0 Å². The van der Waals surface area contributed by atoms with Gasteiger partial charge in [0.25, 0.3) is 0 Å². The third-order valence-electron chi connectivity index (χ3n) is 4.50. The van der Waals surface area contributed by atoms with Crippen molar-refractivity contribution >= 4 is 45.3 Å². The summed E-state index contributed by atoms with van der Waals surface area (Å²) in [5.74, 6) is 2.30. The highest BCUT2D eigenvalue weighted by Gasteiger charge is 2.04. The number of benzene rings is 2. The van der Waals surface area contributed by atoms with Crippen LogP contribution in [0.3, 0.4) is 0 Å². The van der Waals surface area contributed by atoms with E-state index in [-0.39, 0.29) is 0 Å². The molecule has 136 valence electrons. The lowest BCUT2D eigenvalue weighted by atomic mass is 10.2. The zero-order valence-corrected chi connectivity index (χ0v) is 16.8. The van der Waals surface area contributed by atoms with Gasteiger partial charge in [-0.05, 0) is 48.6 Å². The van der Waals surface area contributed by atoms with Crippen molar-refractivity contribution in [2.45, 2.75) is 29.1 Å². The molecule has 4 rings (SSSR count). The van der Waals surface area contributed by atoms with Gasteiger partial charge in [-0.25, -0.2) is 0 Å². The zero-order valence-electron chi connectivity index (χ0n) is 15.2. The van der Waals surface area contributed by atoms with Crippen molar-refractivity contribution in [2.24, 2.45) is 0 Å². The number of nitrogens with zero attached hydrogens (tertiary/aromatic N) is 2. The van der Waals surface area contributed by atoms with Crippen LogP contribution in [0.1, 0.15) is 19.3 Å². The maximum atomic E-state index is 4.54. The molecule has 0 fully saturated rings. The molecular weight excluding hydrogens is 368 g/mol. The molecule has 0 aliphatic heterocycles. The highest BCUT2D eigenvalue weighted by Crippen LogP contribution is 2.29. The minimum absolute atomic E-state index is 1.13. The van der Waals surface area contributed by atoms with Gasteiger partial charge in [0.15, 0.2) is 0 Å². The number of hydrogen-bond acceptors (Lipinski definition) is 4. The van der Waals surface area contributed by atoms with E-state index in [1.54, 1.807) is 0 Å². The summed E-state index contributed by atoms with van der Waals surface area (Å²) in [7, 11) is 0. The number of thioether (sulfide) groups is 2. The second kappa shape index (κ2) is 9.25. The van der Waals surface area contributed by atoms with E-state index in [0.29, 0.717) is 0 Å². The van der Waals surface area contributed by atoms with Gasteiger partial charge in [0.2, 0.25) is 0 Å². The number of hydrogen-bond donors (Lipinski definition) is 0. The molecule has 0 aliphatic carbocycles. The Labute approximate surface area is 168 Å². The van der Waals surface area contributed by atoms with Gasteiger partial charge in [-0.2, -0.15) is 0 Å². The van der Waals surface area contributed by atoms with Crippen LogP contribution in [0, 0.1) is 0 Å². The summed E-state index contributed by atoms with van der Waals surface area (Å²) in [5.41, 5.74) is 2.26. The number of para-hydroxylation sites is 2. The van der Waals surface area contributed by atoms with Crippen molar-refractivity contribution in [3.8, 4) is 0 Å². The molecule has 0 saturated heterocycles. The molecule has 0 radical (unpaired) electrons.